The fourth-order valence-corrected chi connectivity index (χ4v) is 1.27. The van der Waals surface area contributed by atoms with Gasteiger partial charge in [-0.2, -0.15) is 5.10 Å². The van der Waals surface area contributed by atoms with Crippen LogP contribution in [0, 0.1) is 6.92 Å². The first-order chi connectivity index (χ1) is 6.20. The van der Waals surface area contributed by atoms with Crippen molar-refractivity contribution in [2.24, 2.45) is 5.73 Å². The topological polar surface area (TPSA) is 76.2 Å². The largest absolute Gasteiger partial charge is 0.325 e. The highest BCUT2D eigenvalue weighted by Gasteiger charge is 2.03. The summed E-state index contributed by atoms with van der Waals surface area (Å²) in [7, 11) is 0. The van der Waals surface area contributed by atoms with Crippen LogP contribution in [-0.4, -0.2) is 14.6 Å². The molecule has 13 heavy (non-hydrogen) atoms. The van der Waals surface area contributed by atoms with Gasteiger partial charge in [0.05, 0.1) is 5.69 Å². The number of nitrogens with two attached hydrogens (primary N) is 1. The van der Waals surface area contributed by atoms with Crippen molar-refractivity contribution >= 4 is 5.52 Å². The van der Waals surface area contributed by atoms with Crippen molar-refractivity contribution in [3.8, 4) is 0 Å². The van der Waals surface area contributed by atoms with E-state index in [2.05, 4.69) is 10.1 Å². The van der Waals surface area contributed by atoms with Gasteiger partial charge in [-0.1, -0.05) is 0 Å². The number of rotatable bonds is 1. The van der Waals surface area contributed by atoms with Gasteiger partial charge in [-0.25, -0.2) is 4.52 Å². The zero-order chi connectivity index (χ0) is 9.42. The van der Waals surface area contributed by atoms with E-state index in [0.29, 0.717) is 12.1 Å². The van der Waals surface area contributed by atoms with Crippen LogP contribution in [0.3, 0.4) is 0 Å². The molecule has 0 atom stereocenters. The van der Waals surface area contributed by atoms with Crippen molar-refractivity contribution in [2.75, 3.05) is 0 Å². The van der Waals surface area contributed by atoms with E-state index in [-0.39, 0.29) is 5.56 Å². The highest BCUT2D eigenvalue weighted by atomic mass is 16.1. The van der Waals surface area contributed by atoms with Crippen LogP contribution in [0.4, 0.5) is 0 Å². The predicted octanol–water partition coefficient (Wildman–Crippen LogP) is -0.210. The second-order valence-electron chi connectivity index (χ2n) is 2.94. The van der Waals surface area contributed by atoms with Crippen LogP contribution < -0.4 is 11.3 Å². The van der Waals surface area contributed by atoms with Gasteiger partial charge in [-0.05, 0) is 13.0 Å². The van der Waals surface area contributed by atoms with Crippen molar-refractivity contribution in [3.63, 3.8) is 0 Å². The van der Waals surface area contributed by atoms with E-state index in [0.717, 1.165) is 11.4 Å². The number of nitrogens with zero attached hydrogens (tertiary/aromatic N) is 2. The molecule has 0 fully saturated rings. The molecule has 2 aromatic rings. The summed E-state index contributed by atoms with van der Waals surface area (Å²) in [6.45, 7) is 2.16. The van der Waals surface area contributed by atoms with Gasteiger partial charge < -0.3 is 10.7 Å². The molecule has 3 N–H and O–H groups in total. The molecule has 0 amide bonds. The quantitative estimate of drug-likeness (QED) is 0.634. The average Bonchev–Trinajstić information content (AvgIpc) is 2.47. The highest BCUT2D eigenvalue weighted by Crippen LogP contribution is 2.00. The summed E-state index contributed by atoms with van der Waals surface area (Å²) >= 11 is 0. The molecule has 2 heterocycles. The third-order valence-electron chi connectivity index (χ3n) is 1.85. The SMILES string of the molecule is Cc1cn2nc(CN)cc2c(=O)[nH]1. The molecule has 5 nitrogen and oxygen atoms in total. The van der Waals surface area contributed by atoms with E-state index in [1.807, 2.05) is 6.92 Å². The third kappa shape index (κ3) is 1.23. The number of aromatic nitrogens is 3. The second-order valence-corrected chi connectivity index (χ2v) is 2.94. The summed E-state index contributed by atoms with van der Waals surface area (Å²) in [5.74, 6) is 0. The smallest absolute Gasteiger partial charge is 0.274 e. The number of hydrogen-bond donors (Lipinski definition) is 2. The van der Waals surface area contributed by atoms with Crippen molar-refractivity contribution < 1.29 is 0 Å². The second kappa shape index (κ2) is 2.70. The zero-order valence-electron chi connectivity index (χ0n) is 7.24. The van der Waals surface area contributed by atoms with Gasteiger partial charge in [0.25, 0.3) is 5.56 Å². The van der Waals surface area contributed by atoms with Gasteiger partial charge >= 0.3 is 0 Å². The Morgan fingerprint density at radius 1 is 1.69 bits per heavy atom. The number of hydrogen-bond acceptors (Lipinski definition) is 3. The van der Waals surface area contributed by atoms with Gasteiger partial charge in [0.15, 0.2) is 0 Å². The molecule has 0 saturated heterocycles. The summed E-state index contributed by atoms with van der Waals surface area (Å²) in [5.41, 5.74) is 7.32. The number of fused-ring (bicyclic) bond motifs is 1. The van der Waals surface area contributed by atoms with E-state index < -0.39 is 0 Å². The minimum atomic E-state index is -0.132. The fourth-order valence-electron chi connectivity index (χ4n) is 1.27. The molecule has 68 valence electrons. The molecule has 0 radical (unpaired) electrons. The maximum atomic E-state index is 11.4. The molecule has 5 heteroatoms. The van der Waals surface area contributed by atoms with Gasteiger partial charge in [0, 0.05) is 18.4 Å². The lowest BCUT2D eigenvalue weighted by atomic mass is 10.4. The van der Waals surface area contributed by atoms with Crippen LogP contribution in [0.2, 0.25) is 0 Å². The maximum absolute atomic E-state index is 11.4. The van der Waals surface area contributed by atoms with E-state index in [1.165, 1.54) is 0 Å². The molecule has 0 spiro atoms. The standard InChI is InChI=1S/C8H10N4O/c1-5-4-12-7(8(13)10-5)2-6(3-9)11-12/h2,4H,3,9H2,1H3,(H,10,13). The van der Waals surface area contributed by atoms with Crippen LogP contribution >= 0.6 is 0 Å². The minimum Gasteiger partial charge on any atom is -0.325 e. The minimum absolute atomic E-state index is 0.132. The maximum Gasteiger partial charge on any atom is 0.274 e. The summed E-state index contributed by atoms with van der Waals surface area (Å²) in [5, 5.41) is 4.12. The Labute approximate surface area is 74.2 Å². The molecule has 0 unspecified atom stereocenters. The Hall–Kier alpha value is -1.62. The van der Waals surface area contributed by atoms with Gasteiger partial charge in [-0.3, -0.25) is 4.79 Å². The first-order valence-electron chi connectivity index (χ1n) is 3.99. The van der Waals surface area contributed by atoms with Crippen molar-refractivity contribution in [1.29, 1.82) is 0 Å². The molecule has 2 rings (SSSR count). The molecule has 0 aliphatic carbocycles. The van der Waals surface area contributed by atoms with Gasteiger partial charge in [0.1, 0.15) is 5.52 Å². The Morgan fingerprint density at radius 2 is 2.46 bits per heavy atom. The first kappa shape index (κ1) is 8.00. The third-order valence-corrected chi connectivity index (χ3v) is 1.85. The van der Waals surface area contributed by atoms with Crippen LogP contribution in [0.15, 0.2) is 17.1 Å². The molecule has 0 aliphatic heterocycles. The summed E-state index contributed by atoms with van der Waals surface area (Å²) in [4.78, 5) is 14.1. The molecular formula is C8H10N4O. The normalized spacial score (nSPS) is 10.9. The Kier molecular flexibility index (Phi) is 1.66. The van der Waals surface area contributed by atoms with Crippen LogP contribution in [0.5, 0.6) is 0 Å². The Morgan fingerprint density at radius 3 is 3.15 bits per heavy atom. The number of aromatic amines is 1. The van der Waals surface area contributed by atoms with E-state index >= 15 is 0 Å². The Bertz CT molecular complexity index is 496. The highest BCUT2D eigenvalue weighted by molar-refractivity contribution is 5.45. The summed E-state index contributed by atoms with van der Waals surface area (Å²) in [6.07, 6.45) is 1.76. The van der Waals surface area contributed by atoms with Gasteiger partial charge in [0.2, 0.25) is 0 Å². The lowest BCUT2D eigenvalue weighted by molar-refractivity contribution is 0.864. The first-order valence-corrected chi connectivity index (χ1v) is 3.99. The molecular weight excluding hydrogens is 168 g/mol. The molecule has 0 saturated carbocycles. The Balaban J connectivity index is 2.83. The molecule has 0 aromatic carbocycles. The molecule has 2 aromatic heterocycles. The zero-order valence-corrected chi connectivity index (χ0v) is 7.24. The monoisotopic (exact) mass is 178 g/mol. The van der Waals surface area contributed by atoms with Crippen molar-refractivity contribution in [1.82, 2.24) is 14.6 Å². The van der Waals surface area contributed by atoms with Crippen molar-refractivity contribution in [2.45, 2.75) is 13.5 Å². The van der Waals surface area contributed by atoms with E-state index in [9.17, 15) is 4.79 Å². The van der Waals surface area contributed by atoms with Crippen LogP contribution in [0.1, 0.15) is 11.4 Å². The lowest BCUT2D eigenvalue weighted by Crippen LogP contribution is -2.10. The van der Waals surface area contributed by atoms with E-state index in [4.69, 9.17) is 5.73 Å². The van der Waals surface area contributed by atoms with Crippen LogP contribution in [0.25, 0.3) is 5.52 Å². The average molecular weight is 178 g/mol. The number of H-pyrrole nitrogens is 1. The molecule has 0 bridgehead atoms. The van der Waals surface area contributed by atoms with E-state index in [1.54, 1.807) is 16.8 Å². The number of aryl methyl sites for hydroxylation is 1. The number of nitrogens with one attached hydrogen (secondary N) is 1. The summed E-state index contributed by atoms with van der Waals surface area (Å²) < 4.78 is 1.55. The van der Waals surface area contributed by atoms with Gasteiger partial charge in [-0.15, -0.1) is 0 Å². The fraction of sp³-hybridized carbons (Fsp3) is 0.250. The lowest BCUT2D eigenvalue weighted by Gasteiger charge is -1.93. The predicted molar refractivity (Wildman–Crippen MR) is 48.4 cm³/mol. The van der Waals surface area contributed by atoms with Crippen LogP contribution in [-0.2, 0) is 6.54 Å². The molecule has 0 aliphatic rings. The summed E-state index contributed by atoms with van der Waals surface area (Å²) in [6, 6.07) is 1.69. The van der Waals surface area contributed by atoms with Crippen molar-refractivity contribution in [3.05, 3.63) is 34.0 Å².